The summed E-state index contributed by atoms with van der Waals surface area (Å²) in [5.41, 5.74) is 0.824. The third kappa shape index (κ3) is 4.54. The Morgan fingerprint density at radius 3 is 2.67 bits per heavy atom. The predicted octanol–water partition coefficient (Wildman–Crippen LogP) is 3.53. The Labute approximate surface area is 160 Å². The lowest BCUT2D eigenvalue weighted by Crippen LogP contribution is -2.27. The fourth-order valence-electron chi connectivity index (χ4n) is 2.61. The first kappa shape index (κ1) is 19.1. The van der Waals surface area contributed by atoms with Crippen LogP contribution in [0.3, 0.4) is 0 Å². The Kier molecular flexibility index (Phi) is 6.24. The molecular weight excluding hydrogens is 365 g/mol. The second-order valence-corrected chi connectivity index (χ2v) is 6.96. The summed E-state index contributed by atoms with van der Waals surface area (Å²) in [6, 6.07) is 12.7. The molecular formula is C20H20FN3O2S. The van der Waals surface area contributed by atoms with Gasteiger partial charge in [-0.05, 0) is 42.8 Å². The quantitative estimate of drug-likeness (QED) is 0.384. The minimum absolute atomic E-state index is 0.110. The van der Waals surface area contributed by atoms with Crippen molar-refractivity contribution in [2.75, 3.05) is 12.3 Å². The highest BCUT2D eigenvalue weighted by Gasteiger charge is 2.14. The van der Waals surface area contributed by atoms with Gasteiger partial charge in [0.2, 0.25) is 5.91 Å². The predicted molar refractivity (Wildman–Crippen MR) is 106 cm³/mol. The Bertz CT molecular complexity index is 1000. The van der Waals surface area contributed by atoms with E-state index in [9.17, 15) is 14.0 Å². The van der Waals surface area contributed by atoms with E-state index in [0.717, 1.165) is 12.8 Å². The number of nitrogens with zero attached hydrogens (tertiary/aromatic N) is 2. The van der Waals surface area contributed by atoms with Crippen molar-refractivity contribution in [1.82, 2.24) is 14.9 Å². The summed E-state index contributed by atoms with van der Waals surface area (Å²) < 4.78 is 14.7. The van der Waals surface area contributed by atoms with Crippen molar-refractivity contribution < 1.29 is 9.18 Å². The van der Waals surface area contributed by atoms with Gasteiger partial charge < -0.3 is 5.32 Å². The number of amides is 1. The third-order valence-electron chi connectivity index (χ3n) is 4.01. The molecule has 1 heterocycles. The molecule has 27 heavy (non-hydrogen) atoms. The Hall–Kier alpha value is -2.67. The molecule has 3 rings (SSSR count). The number of para-hydroxylation sites is 1. The first-order valence-electron chi connectivity index (χ1n) is 8.77. The van der Waals surface area contributed by atoms with Crippen molar-refractivity contribution in [3.05, 3.63) is 64.7 Å². The Morgan fingerprint density at radius 1 is 1.19 bits per heavy atom. The van der Waals surface area contributed by atoms with Gasteiger partial charge in [-0.2, -0.15) is 0 Å². The van der Waals surface area contributed by atoms with Crippen molar-refractivity contribution in [1.29, 1.82) is 0 Å². The zero-order valence-corrected chi connectivity index (χ0v) is 15.8. The summed E-state index contributed by atoms with van der Waals surface area (Å²) in [6.45, 7) is 2.69. The number of benzene rings is 2. The average Bonchev–Trinajstić information content (AvgIpc) is 2.68. The number of carbonyl (C=O) groups is 1. The molecule has 0 saturated heterocycles. The van der Waals surface area contributed by atoms with Crippen LogP contribution in [0.1, 0.15) is 19.8 Å². The number of hydrogen-bond acceptors (Lipinski definition) is 4. The molecule has 7 heteroatoms. The van der Waals surface area contributed by atoms with E-state index in [1.54, 1.807) is 18.2 Å². The van der Waals surface area contributed by atoms with Gasteiger partial charge in [0.25, 0.3) is 5.56 Å². The molecule has 0 atom stereocenters. The summed E-state index contributed by atoms with van der Waals surface area (Å²) in [7, 11) is 0. The molecule has 1 amide bonds. The van der Waals surface area contributed by atoms with Gasteiger partial charge in [0.05, 0.1) is 22.3 Å². The summed E-state index contributed by atoms with van der Waals surface area (Å²) in [5, 5.41) is 3.72. The van der Waals surface area contributed by atoms with E-state index in [-0.39, 0.29) is 23.0 Å². The van der Waals surface area contributed by atoms with E-state index in [2.05, 4.69) is 17.2 Å². The molecule has 0 bridgehead atoms. The summed E-state index contributed by atoms with van der Waals surface area (Å²) in [6.07, 6.45) is 1.93. The third-order valence-corrected chi connectivity index (χ3v) is 4.95. The topological polar surface area (TPSA) is 64.0 Å². The number of aromatic nitrogens is 2. The number of thioether (sulfide) groups is 1. The number of fused-ring (bicyclic) bond motifs is 1. The molecule has 0 fully saturated rings. The standard InChI is InChI=1S/C20H20FN3O2S/c1-2-3-12-22-18(25)13-27-20-23-17-7-5-4-6-16(17)19(26)24(20)15-10-8-14(21)9-11-15/h4-11H,2-3,12-13H2,1H3,(H,22,25). The zero-order valence-electron chi connectivity index (χ0n) is 14.9. The molecule has 0 unspecified atom stereocenters. The molecule has 5 nitrogen and oxygen atoms in total. The number of halogens is 1. The zero-order chi connectivity index (χ0) is 19.2. The highest BCUT2D eigenvalue weighted by Crippen LogP contribution is 2.21. The normalized spacial score (nSPS) is 10.9. The maximum Gasteiger partial charge on any atom is 0.266 e. The maximum absolute atomic E-state index is 13.3. The van der Waals surface area contributed by atoms with Crippen LogP contribution in [0.5, 0.6) is 0 Å². The number of carbonyl (C=O) groups excluding carboxylic acids is 1. The van der Waals surface area contributed by atoms with Gasteiger partial charge in [-0.3, -0.25) is 14.2 Å². The van der Waals surface area contributed by atoms with Crippen molar-refractivity contribution in [3.8, 4) is 5.69 Å². The second kappa shape index (κ2) is 8.81. The molecule has 1 N–H and O–H groups in total. The van der Waals surface area contributed by atoms with Gasteiger partial charge in [-0.15, -0.1) is 0 Å². The van der Waals surface area contributed by atoms with Crippen molar-refractivity contribution in [3.63, 3.8) is 0 Å². The first-order valence-corrected chi connectivity index (χ1v) is 9.76. The summed E-state index contributed by atoms with van der Waals surface area (Å²) >= 11 is 1.19. The van der Waals surface area contributed by atoms with Gasteiger partial charge in [-0.1, -0.05) is 37.2 Å². The number of nitrogens with one attached hydrogen (secondary N) is 1. The fraction of sp³-hybridized carbons (Fsp3) is 0.250. The molecule has 0 saturated carbocycles. The molecule has 140 valence electrons. The van der Waals surface area contributed by atoms with Crippen LogP contribution in [0.25, 0.3) is 16.6 Å². The molecule has 3 aromatic rings. The molecule has 0 aliphatic rings. The monoisotopic (exact) mass is 385 g/mol. The molecule has 0 aliphatic carbocycles. The second-order valence-electron chi connectivity index (χ2n) is 6.02. The lowest BCUT2D eigenvalue weighted by atomic mass is 10.2. The van der Waals surface area contributed by atoms with Gasteiger partial charge in [0.15, 0.2) is 5.16 Å². The van der Waals surface area contributed by atoms with Crippen LogP contribution < -0.4 is 10.9 Å². The highest BCUT2D eigenvalue weighted by atomic mass is 32.2. The highest BCUT2D eigenvalue weighted by molar-refractivity contribution is 7.99. The summed E-state index contributed by atoms with van der Waals surface area (Å²) in [4.78, 5) is 29.6. The molecule has 0 radical (unpaired) electrons. The van der Waals surface area contributed by atoms with E-state index < -0.39 is 0 Å². The number of unbranched alkanes of at least 4 members (excludes halogenated alkanes) is 1. The van der Waals surface area contributed by atoms with Crippen LogP contribution in [0.2, 0.25) is 0 Å². The summed E-state index contributed by atoms with van der Waals surface area (Å²) in [5.74, 6) is -0.345. The van der Waals surface area contributed by atoms with Crippen LogP contribution in [0.15, 0.2) is 58.5 Å². The van der Waals surface area contributed by atoms with E-state index in [4.69, 9.17) is 0 Å². The van der Waals surface area contributed by atoms with E-state index in [1.165, 1.54) is 40.6 Å². The van der Waals surface area contributed by atoms with Gasteiger partial charge >= 0.3 is 0 Å². The minimum Gasteiger partial charge on any atom is -0.355 e. The van der Waals surface area contributed by atoms with Crippen LogP contribution in [-0.4, -0.2) is 27.8 Å². The van der Waals surface area contributed by atoms with Gasteiger partial charge in [-0.25, -0.2) is 9.37 Å². The fourth-order valence-corrected chi connectivity index (χ4v) is 3.46. The van der Waals surface area contributed by atoms with E-state index in [1.807, 2.05) is 6.07 Å². The SMILES string of the molecule is CCCCNC(=O)CSc1nc2ccccc2c(=O)n1-c1ccc(F)cc1. The minimum atomic E-state index is -0.384. The van der Waals surface area contributed by atoms with Crippen molar-refractivity contribution in [2.45, 2.75) is 24.9 Å². The van der Waals surface area contributed by atoms with Crippen molar-refractivity contribution in [2.24, 2.45) is 0 Å². The molecule has 0 spiro atoms. The van der Waals surface area contributed by atoms with Gasteiger partial charge in [0.1, 0.15) is 5.82 Å². The Balaban J connectivity index is 1.97. The van der Waals surface area contributed by atoms with E-state index >= 15 is 0 Å². The largest absolute Gasteiger partial charge is 0.355 e. The van der Waals surface area contributed by atoms with Crippen LogP contribution >= 0.6 is 11.8 Å². The Morgan fingerprint density at radius 2 is 1.93 bits per heavy atom. The molecule has 2 aromatic carbocycles. The smallest absolute Gasteiger partial charge is 0.266 e. The van der Waals surface area contributed by atoms with Crippen LogP contribution in [0.4, 0.5) is 4.39 Å². The van der Waals surface area contributed by atoms with Crippen LogP contribution in [-0.2, 0) is 4.79 Å². The van der Waals surface area contributed by atoms with Crippen LogP contribution in [0, 0.1) is 5.82 Å². The maximum atomic E-state index is 13.3. The average molecular weight is 385 g/mol. The number of rotatable bonds is 7. The lowest BCUT2D eigenvalue weighted by Gasteiger charge is -2.13. The number of hydrogen-bond donors (Lipinski definition) is 1. The molecule has 0 aliphatic heterocycles. The van der Waals surface area contributed by atoms with Crippen molar-refractivity contribution >= 4 is 28.6 Å². The van der Waals surface area contributed by atoms with Gasteiger partial charge in [0, 0.05) is 6.54 Å². The van der Waals surface area contributed by atoms with E-state index in [0.29, 0.717) is 28.3 Å². The first-order chi connectivity index (χ1) is 13.1. The molecule has 1 aromatic heterocycles. The lowest BCUT2D eigenvalue weighted by molar-refractivity contribution is -0.118.